The first-order valence-electron chi connectivity index (χ1n) is 14.4. The van der Waals surface area contributed by atoms with Gasteiger partial charge >= 0.3 is 12.1 Å². The average Bonchev–Trinajstić information content (AvgIpc) is 3.36. The molecule has 0 aromatic heterocycles. The highest BCUT2D eigenvalue weighted by atomic mass is 28.4. The van der Waals surface area contributed by atoms with Crippen molar-refractivity contribution in [3.63, 3.8) is 0 Å². The van der Waals surface area contributed by atoms with Gasteiger partial charge in [0.25, 0.3) is 14.0 Å². The SMILES string of the molecule is CC(C)(C)OC(=O)N1CCCC1(CO[Si](c1ccccc1)(c1ccccc1)C(C)(C)C)OC(=O)c1ccc([N+](=O)[O-])cc1. The van der Waals surface area contributed by atoms with E-state index in [1.165, 1.54) is 29.2 Å². The second-order valence-electron chi connectivity index (χ2n) is 12.8. The topological polar surface area (TPSA) is 108 Å². The van der Waals surface area contributed by atoms with Crippen LogP contribution in [0.2, 0.25) is 5.04 Å². The third kappa shape index (κ3) is 6.81. The van der Waals surface area contributed by atoms with Crippen LogP contribution in [0.3, 0.4) is 0 Å². The number of carbonyl (C=O) groups excluding carboxylic acids is 2. The Hall–Kier alpha value is -4.02. The van der Waals surface area contributed by atoms with Crippen LogP contribution in [0.5, 0.6) is 0 Å². The van der Waals surface area contributed by atoms with Crippen LogP contribution in [-0.4, -0.2) is 54.7 Å². The lowest BCUT2D eigenvalue weighted by Gasteiger charge is -2.46. The van der Waals surface area contributed by atoms with Gasteiger partial charge in [-0.15, -0.1) is 0 Å². The van der Waals surface area contributed by atoms with Gasteiger partial charge in [0.15, 0.2) is 0 Å². The Labute approximate surface area is 254 Å². The van der Waals surface area contributed by atoms with Crippen molar-refractivity contribution in [2.45, 2.75) is 70.7 Å². The molecule has 3 aromatic carbocycles. The number of benzene rings is 3. The van der Waals surface area contributed by atoms with Gasteiger partial charge in [-0.1, -0.05) is 81.4 Å². The number of ether oxygens (including phenoxy) is 2. The fourth-order valence-electron chi connectivity index (χ4n) is 5.65. The molecule has 0 aliphatic carbocycles. The lowest BCUT2D eigenvalue weighted by molar-refractivity contribution is -0.384. The normalized spacial score (nSPS) is 17.4. The Bertz CT molecular complexity index is 1390. The van der Waals surface area contributed by atoms with Gasteiger partial charge in [-0.25, -0.2) is 9.59 Å². The van der Waals surface area contributed by atoms with Crippen molar-refractivity contribution in [2.24, 2.45) is 0 Å². The quantitative estimate of drug-likeness (QED) is 0.133. The summed E-state index contributed by atoms with van der Waals surface area (Å²) >= 11 is 0. The molecule has 1 fully saturated rings. The summed E-state index contributed by atoms with van der Waals surface area (Å²) in [5.41, 5.74) is -2.25. The smallest absolute Gasteiger partial charge is 0.413 e. The first-order valence-corrected chi connectivity index (χ1v) is 16.3. The third-order valence-corrected chi connectivity index (χ3v) is 12.6. The molecule has 0 N–H and O–H groups in total. The molecule has 0 radical (unpaired) electrons. The number of amides is 1. The van der Waals surface area contributed by atoms with Crippen molar-refractivity contribution in [3.8, 4) is 0 Å². The van der Waals surface area contributed by atoms with Crippen molar-refractivity contribution < 1.29 is 28.4 Å². The molecule has 1 aliphatic heterocycles. The predicted molar refractivity (Wildman–Crippen MR) is 167 cm³/mol. The summed E-state index contributed by atoms with van der Waals surface area (Å²) in [6.45, 7) is 12.0. The fraction of sp³-hybridized carbons (Fsp3) is 0.394. The van der Waals surface area contributed by atoms with Crippen molar-refractivity contribution in [1.82, 2.24) is 4.90 Å². The van der Waals surface area contributed by atoms with Crippen molar-refractivity contribution in [1.29, 1.82) is 0 Å². The number of carbonyl (C=O) groups is 2. The molecule has 1 unspecified atom stereocenters. The Kier molecular flexibility index (Phi) is 9.12. The Morgan fingerprint density at radius 1 is 0.884 bits per heavy atom. The van der Waals surface area contributed by atoms with Gasteiger partial charge < -0.3 is 13.9 Å². The van der Waals surface area contributed by atoms with Crippen LogP contribution in [-0.2, 0) is 13.9 Å². The summed E-state index contributed by atoms with van der Waals surface area (Å²) in [5, 5.41) is 12.9. The second-order valence-corrected chi connectivity index (χ2v) is 17.1. The number of nitro benzene ring substituents is 1. The molecule has 1 atom stereocenters. The maximum Gasteiger partial charge on any atom is 0.413 e. The zero-order valence-electron chi connectivity index (χ0n) is 25.7. The number of hydrogen-bond acceptors (Lipinski definition) is 7. The monoisotopic (exact) mass is 604 g/mol. The summed E-state index contributed by atoms with van der Waals surface area (Å²) in [6.07, 6.45) is 0.299. The molecule has 0 bridgehead atoms. The Morgan fingerprint density at radius 3 is 1.88 bits per heavy atom. The minimum absolute atomic E-state index is 0.0851. The summed E-state index contributed by atoms with van der Waals surface area (Å²) in [6, 6.07) is 25.4. The van der Waals surface area contributed by atoms with E-state index >= 15 is 0 Å². The fourth-order valence-corrected chi connectivity index (χ4v) is 10.2. The standard InChI is InChI=1S/C33H40N2O7Si/c1-31(2,3)42-30(37)34-23-13-22-33(34,41-29(36)25-18-20-26(21-19-25)35(38)39)24-40-43(32(4,5)6,27-14-9-7-10-15-27)28-16-11-8-12-17-28/h7-12,14-21H,13,22-24H2,1-6H3. The van der Waals surface area contributed by atoms with Gasteiger partial charge in [-0.05, 0) is 54.7 Å². The van der Waals surface area contributed by atoms with E-state index in [4.69, 9.17) is 13.9 Å². The number of non-ortho nitro benzene ring substituents is 1. The highest BCUT2D eigenvalue weighted by Crippen LogP contribution is 2.40. The van der Waals surface area contributed by atoms with E-state index in [-0.39, 0.29) is 22.9 Å². The van der Waals surface area contributed by atoms with Gasteiger partial charge in [-0.2, -0.15) is 0 Å². The van der Waals surface area contributed by atoms with E-state index < -0.39 is 36.6 Å². The van der Waals surface area contributed by atoms with E-state index in [2.05, 4.69) is 45.0 Å². The van der Waals surface area contributed by atoms with Crippen LogP contribution >= 0.6 is 0 Å². The maximum absolute atomic E-state index is 13.6. The van der Waals surface area contributed by atoms with Crippen LogP contribution in [0.1, 0.15) is 64.7 Å². The highest BCUT2D eigenvalue weighted by molar-refractivity contribution is 6.99. The molecule has 0 saturated carbocycles. The third-order valence-electron chi connectivity index (χ3n) is 7.58. The molecule has 1 heterocycles. The number of likely N-dealkylation sites (tertiary alicyclic amines) is 1. The molecular formula is C33H40N2O7Si. The Morgan fingerprint density at radius 2 is 1.42 bits per heavy atom. The zero-order valence-corrected chi connectivity index (χ0v) is 26.7. The van der Waals surface area contributed by atoms with E-state index in [0.29, 0.717) is 19.4 Å². The number of rotatable bonds is 8. The van der Waals surface area contributed by atoms with Gasteiger partial charge in [0.2, 0.25) is 5.72 Å². The lowest BCUT2D eigenvalue weighted by Crippen LogP contribution is -2.68. The summed E-state index contributed by atoms with van der Waals surface area (Å²) in [7, 11) is -3.07. The lowest BCUT2D eigenvalue weighted by atomic mass is 10.1. The van der Waals surface area contributed by atoms with Gasteiger partial charge in [-0.3, -0.25) is 15.0 Å². The van der Waals surface area contributed by atoms with Gasteiger partial charge in [0.05, 0.1) is 17.1 Å². The van der Waals surface area contributed by atoms with Crippen molar-refractivity contribution in [3.05, 3.63) is 101 Å². The van der Waals surface area contributed by atoms with E-state index in [9.17, 15) is 19.7 Å². The average molecular weight is 605 g/mol. The predicted octanol–water partition coefficient (Wildman–Crippen LogP) is 6.06. The summed E-state index contributed by atoms with van der Waals surface area (Å²) < 4.78 is 19.2. The molecular weight excluding hydrogens is 564 g/mol. The van der Waals surface area contributed by atoms with Gasteiger partial charge in [0.1, 0.15) is 5.60 Å². The molecule has 10 heteroatoms. The van der Waals surface area contributed by atoms with E-state index in [0.717, 1.165) is 10.4 Å². The molecule has 4 rings (SSSR count). The van der Waals surface area contributed by atoms with Crippen LogP contribution in [0.15, 0.2) is 84.9 Å². The number of hydrogen-bond donors (Lipinski definition) is 0. The highest BCUT2D eigenvalue weighted by Gasteiger charge is 2.55. The van der Waals surface area contributed by atoms with Crippen LogP contribution in [0.4, 0.5) is 10.5 Å². The molecule has 1 amide bonds. The van der Waals surface area contributed by atoms with Gasteiger partial charge in [0, 0.05) is 25.1 Å². The van der Waals surface area contributed by atoms with Crippen LogP contribution in [0, 0.1) is 10.1 Å². The summed E-state index contributed by atoms with van der Waals surface area (Å²) in [5.74, 6) is -0.712. The Balaban J connectivity index is 1.80. The number of nitrogens with zero attached hydrogens (tertiary/aromatic N) is 2. The number of nitro groups is 1. The molecule has 1 aliphatic rings. The minimum atomic E-state index is -3.07. The maximum atomic E-state index is 13.6. The number of esters is 1. The largest absolute Gasteiger partial charge is 0.444 e. The minimum Gasteiger partial charge on any atom is -0.444 e. The molecule has 0 spiro atoms. The molecule has 9 nitrogen and oxygen atoms in total. The van der Waals surface area contributed by atoms with Crippen molar-refractivity contribution >= 4 is 36.4 Å². The molecule has 1 saturated heterocycles. The first-order chi connectivity index (χ1) is 20.2. The molecule has 3 aromatic rings. The van der Waals surface area contributed by atoms with Crippen LogP contribution in [0.25, 0.3) is 0 Å². The zero-order chi connectivity index (χ0) is 31.5. The second kappa shape index (κ2) is 12.3. The first kappa shape index (κ1) is 31.9. The molecule has 43 heavy (non-hydrogen) atoms. The summed E-state index contributed by atoms with van der Waals surface area (Å²) in [4.78, 5) is 39.2. The van der Waals surface area contributed by atoms with Crippen LogP contribution < -0.4 is 10.4 Å². The van der Waals surface area contributed by atoms with E-state index in [1.54, 1.807) is 20.8 Å². The van der Waals surface area contributed by atoms with E-state index in [1.807, 2.05) is 36.4 Å². The van der Waals surface area contributed by atoms with Crippen molar-refractivity contribution in [2.75, 3.05) is 13.2 Å². The molecule has 228 valence electrons.